The normalized spacial score (nSPS) is 18.4. The Morgan fingerprint density at radius 3 is 2.12 bits per heavy atom. The van der Waals surface area contributed by atoms with E-state index < -0.39 is 0 Å². The zero-order valence-corrected chi connectivity index (χ0v) is 12.3. The molecule has 0 radical (unpaired) electrons. The van der Waals surface area contributed by atoms with E-state index in [4.69, 9.17) is 0 Å². The summed E-state index contributed by atoms with van der Waals surface area (Å²) in [6.45, 7) is 15.0. The van der Waals surface area contributed by atoms with Gasteiger partial charge < -0.3 is 4.90 Å². The Bertz CT molecular complexity index is 134. The first-order valence-corrected chi connectivity index (χ1v) is 7.44. The second-order valence-corrected chi connectivity index (χ2v) is 5.26. The standard InChI is InChI=1S/C13H27N.C2H6/c1-4-9-14-10-7-13(8-11-14)6-5-12(2)3;1-2/h12-13H,4-11H2,1-3H3;1-2H3. The van der Waals surface area contributed by atoms with Crippen molar-refractivity contribution in [3.63, 3.8) is 0 Å². The average molecular weight is 227 g/mol. The summed E-state index contributed by atoms with van der Waals surface area (Å²) in [6.07, 6.45) is 7.12. The maximum Gasteiger partial charge on any atom is -0.00161 e. The summed E-state index contributed by atoms with van der Waals surface area (Å²) in [4.78, 5) is 2.63. The molecule has 0 atom stereocenters. The molecule has 0 aromatic carbocycles. The van der Waals surface area contributed by atoms with Gasteiger partial charge in [0, 0.05) is 0 Å². The van der Waals surface area contributed by atoms with Crippen LogP contribution >= 0.6 is 0 Å². The maximum absolute atomic E-state index is 2.63. The van der Waals surface area contributed by atoms with Crippen LogP contribution in [0.15, 0.2) is 0 Å². The zero-order chi connectivity index (χ0) is 12.4. The second-order valence-electron chi connectivity index (χ2n) is 5.26. The van der Waals surface area contributed by atoms with Crippen molar-refractivity contribution in [1.29, 1.82) is 0 Å². The van der Waals surface area contributed by atoms with Crippen LogP contribution in [-0.4, -0.2) is 24.5 Å². The first-order valence-electron chi connectivity index (χ1n) is 7.44. The first kappa shape index (κ1) is 16.0. The molecule has 0 aromatic rings. The topological polar surface area (TPSA) is 3.24 Å². The molecule has 1 aliphatic heterocycles. The molecule has 1 heteroatoms. The van der Waals surface area contributed by atoms with Crippen LogP contribution in [0.5, 0.6) is 0 Å². The van der Waals surface area contributed by atoms with E-state index in [1.54, 1.807) is 0 Å². The predicted molar refractivity (Wildman–Crippen MR) is 74.9 cm³/mol. The third-order valence-electron chi connectivity index (χ3n) is 3.40. The van der Waals surface area contributed by atoms with E-state index in [1.165, 1.54) is 51.7 Å². The van der Waals surface area contributed by atoms with Crippen molar-refractivity contribution in [2.45, 2.75) is 66.7 Å². The monoisotopic (exact) mass is 227 g/mol. The molecule has 0 spiro atoms. The van der Waals surface area contributed by atoms with E-state index in [1.807, 2.05) is 13.8 Å². The second kappa shape index (κ2) is 10.1. The van der Waals surface area contributed by atoms with Gasteiger partial charge in [0.15, 0.2) is 0 Å². The maximum atomic E-state index is 2.63. The molecule has 0 saturated carbocycles. The molecular weight excluding hydrogens is 194 g/mol. The van der Waals surface area contributed by atoms with Crippen molar-refractivity contribution in [2.75, 3.05) is 19.6 Å². The van der Waals surface area contributed by atoms with Crippen molar-refractivity contribution in [3.8, 4) is 0 Å². The molecule has 0 aromatic heterocycles. The van der Waals surface area contributed by atoms with Gasteiger partial charge in [-0.25, -0.2) is 0 Å². The van der Waals surface area contributed by atoms with E-state index >= 15 is 0 Å². The minimum atomic E-state index is 0.892. The molecule has 1 fully saturated rings. The summed E-state index contributed by atoms with van der Waals surface area (Å²) in [5.41, 5.74) is 0. The Balaban J connectivity index is 0.00000106. The molecule has 0 aliphatic carbocycles. The van der Waals surface area contributed by atoms with E-state index in [0.717, 1.165) is 11.8 Å². The summed E-state index contributed by atoms with van der Waals surface area (Å²) in [7, 11) is 0. The molecule has 0 amide bonds. The molecule has 0 N–H and O–H groups in total. The zero-order valence-electron chi connectivity index (χ0n) is 12.3. The molecule has 0 bridgehead atoms. The van der Waals surface area contributed by atoms with Gasteiger partial charge in [0.2, 0.25) is 0 Å². The van der Waals surface area contributed by atoms with E-state index in [-0.39, 0.29) is 0 Å². The number of hydrogen-bond donors (Lipinski definition) is 0. The van der Waals surface area contributed by atoms with Gasteiger partial charge in [-0.3, -0.25) is 0 Å². The van der Waals surface area contributed by atoms with Gasteiger partial charge in [0.05, 0.1) is 0 Å². The molecule has 1 saturated heterocycles. The van der Waals surface area contributed by atoms with Crippen molar-refractivity contribution in [3.05, 3.63) is 0 Å². The van der Waals surface area contributed by atoms with Crippen LogP contribution in [0.25, 0.3) is 0 Å². The van der Waals surface area contributed by atoms with Crippen LogP contribution in [0.2, 0.25) is 0 Å². The SMILES string of the molecule is CC.CCCN1CCC(CCC(C)C)CC1. The van der Waals surface area contributed by atoms with E-state index in [2.05, 4.69) is 25.7 Å². The molecule has 98 valence electrons. The van der Waals surface area contributed by atoms with Crippen LogP contribution in [0.4, 0.5) is 0 Å². The van der Waals surface area contributed by atoms with Crippen LogP contribution in [0.3, 0.4) is 0 Å². The van der Waals surface area contributed by atoms with Crippen molar-refractivity contribution in [1.82, 2.24) is 4.90 Å². The molecule has 0 unspecified atom stereocenters. The summed E-state index contributed by atoms with van der Waals surface area (Å²) < 4.78 is 0. The number of rotatable bonds is 5. The van der Waals surface area contributed by atoms with Crippen molar-refractivity contribution < 1.29 is 0 Å². The highest BCUT2D eigenvalue weighted by molar-refractivity contribution is 4.72. The molecular formula is C15H33N. The Morgan fingerprint density at radius 2 is 1.69 bits per heavy atom. The number of nitrogens with zero attached hydrogens (tertiary/aromatic N) is 1. The Labute approximate surface area is 104 Å². The minimum absolute atomic E-state index is 0.892. The Kier molecular flexibility index (Phi) is 10.1. The van der Waals surface area contributed by atoms with Gasteiger partial charge in [0.25, 0.3) is 0 Å². The van der Waals surface area contributed by atoms with Gasteiger partial charge in [-0.05, 0) is 50.7 Å². The number of hydrogen-bond acceptors (Lipinski definition) is 1. The van der Waals surface area contributed by atoms with Gasteiger partial charge in [-0.1, -0.05) is 47.5 Å². The highest BCUT2D eigenvalue weighted by atomic mass is 15.1. The van der Waals surface area contributed by atoms with Crippen molar-refractivity contribution >= 4 is 0 Å². The summed E-state index contributed by atoms with van der Waals surface area (Å²) in [5, 5.41) is 0. The quantitative estimate of drug-likeness (QED) is 0.665. The third-order valence-corrected chi connectivity index (χ3v) is 3.40. The lowest BCUT2D eigenvalue weighted by Gasteiger charge is -2.31. The Hall–Kier alpha value is -0.0400. The summed E-state index contributed by atoms with van der Waals surface area (Å²) in [5.74, 6) is 1.93. The predicted octanol–water partition coefficient (Wildman–Crippen LogP) is 4.57. The lowest BCUT2D eigenvalue weighted by atomic mass is 9.89. The first-order chi connectivity index (χ1) is 7.72. The smallest absolute Gasteiger partial charge is 0.00161 e. The number of piperidine rings is 1. The largest absolute Gasteiger partial charge is 0.303 e. The molecule has 1 nitrogen and oxygen atoms in total. The van der Waals surface area contributed by atoms with Crippen LogP contribution in [-0.2, 0) is 0 Å². The highest BCUT2D eigenvalue weighted by Crippen LogP contribution is 2.23. The fraction of sp³-hybridized carbons (Fsp3) is 1.00. The fourth-order valence-corrected chi connectivity index (χ4v) is 2.38. The van der Waals surface area contributed by atoms with Gasteiger partial charge >= 0.3 is 0 Å². The third kappa shape index (κ3) is 7.27. The lowest BCUT2D eigenvalue weighted by Crippen LogP contribution is -2.34. The highest BCUT2D eigenvalue weighted by Gasteiger charge is 2.18. The van der Waals surface area contributed by atoms with Gasteiger partial charge in [0.1, 0.15) is 0 Å². The fourth-order valence-electron chi connectivity index (χ4n) is 2.38. The molecule has 1 rings (SSSR count). The average Bonchev–Trinajstić information content (AvgIpc) is 2.31. The lowest BCUT2D eigenvalue weighted by molar-refractivity contribution is 0.175. The van der Waals surface area contributed by atoms with E-state index in [0.29, 0.717) is 0 Å². The van der Waals surface area contributed by atoms with Crippen LogP contribution in [0, 0.1) is 11.8 Å². The summed E-state index contributed by atoms with van der Waals surface area (Å²) in [6, 6.07) is 0. The van der Waals surface area contributed by atoms with Crippen LogP contribution < -0.4 is 0 Å². The van der Waals surface area contributed by atoms with E-state index in [9.17, 15) is 0 Å². The van der Waals surface area contributed by atoms with Gasteiger partial charge in [-0.2, -0.15) is 0 Å². The van der Waals surface area contributed by atoms with Gasteiger partial charge in [-0.15, -0.1) is 0 Å². The van der Waals surface area contributed by atoms with Crippen LogP contribution in [0.1, 0.15) is 66.7 Å². The minimum Gasteiger partial charge on any atom is -0.303 e. The van der Waals surface area contributed by atoms with Crippen molar-refractivity contribution in [2.24, 2.45) is 11.8 Å². The molecule has 1 aliphatic rings. The number of likely N-dealkylation sites (tertiary alicyclic amines) is 1. The molecule has 1 heterocycles. The Morgan fingerprint density at radius 1 is 1.12 bits per heavy atom. The molecule has 16 heavy (non-hydrogen) atoms. The summed E-state index contributed by atoms with van der Waals surface area (Å²) >= 11 is 0.